The molecule has 0 bridgehead atoms. The van der Waals surface area contributed by atoms with Crippen LogP contribution in [-0.4, -0.2) is 20.2 Å². The van der Waals surface area contributed by atoms with Crippen LogP contribution < -0.4 is 9.64 Å². The van der Waals surface area contributed by atoms with E-state index >= 15 is 0 Å². The van der Waals surface area contributed by atoms with Crippen molar-refractivity contribution in [1.82, 2.24) is 0 Å². The Morgan fingerprint density at radius 1 is 1.17 bits per heavy atom. The van der Waals surface area contributed by atoms with Crippen molar-refractivity contribution in [2.75, 3.05) is 25.1 Å². The summed E-state index contributed by atoms with van der Waals surface area (Å²) in [7, 11) is 1.72. The van der Waals surface area contributed by atoms with Gasteiger partial charge in [0, 0.05) is 18.7 Å². The van der Waals surface area contributed by atoms with Crippen molar-refractivity contribution in [1.29, 1.82) is 0 Å². The smallest absolute Gasteiger partial charge is 0.142 e. The monoisotopic (exact) mass is 243 g/mol. The average Bonchev–Trinajstić information content (AvgIpc) is 3.11. The molecule has 0 spiro atoms. The van der Waals surface area contributed by atoms with Crippen LogP contribution in [0.1, 0.15) is 12.8 Å². The quantitative estimate of drug-likeness (QED) is 0.824. The van der Waals surface area contributed by atoms with Crippen LogP contribution in [0.25, 0.3) is 11.3 Å². The minimum atomic E-state index is 0.876. The molecule has 3 nitrogen and oxygen atoms in total. The van der Waals surface area contributed by atoms with Crippen molar-refractivity contribution in [3.63, 3.8) is 0 Å². The average molecular weight is 243 g/mol. The molecule has 1 aliphatic rings. The zero-order valence-corrected chi connectivity index (χ0v) is 10.6. The molecule has 1 aromatic heterocycles. The molecule has 0 unspecified atom stereocenters. The highest BCUT2D eigenvalue weighted by atomic mass is 16.5. The van der Waals surface area contributed by atoms with Crippen molar-refractivity contribution in [2.24, 2.45) is 0 Å². The van der Waals surface area contributed by atoms with E-state index in [9.17, 15) is 0 Å². The zero-order valence-electron chi connectivity index (χ0n) is 10.6. The van der Waals surface area contributed by atoms with Crippen LogP contribution in [-0.2, 0) is 0 Å². The first-order valence-corrected chi connectivity index (χ1v) is 6.35. The molecule has 94 valence electrons. The molecule has 0 aliphatic carbocycles. The number of ether oxygens (including phenoxy) is 1. The molecule has 0 N–H and O–H groups in total. The van der Waals surface area contributed by atoms with Gasteiger partial charge in [-0.1, -0.05) is 0 Å². The Kier molecular flexibility index (Phi) is 2.97. The summed E-state index contributed by atoms with van der Waals surface area (Å²) in [5.41, 5.74) is 2.24. The summed E-state index contributed by atoms with van der Waals surface area (Å²) < 4.78 is 10.9. The molecule has 2 heterocycles. The molecule has 3 rings (SSSR count). The first kappa shape index (κ1) is 11.2. The fraction of sp³-hybridized carbons (Fsp3) is 0.333. The molecule has 0 atom stereocenters. The third-order valence-corrected chi connectivity index (χ3v) is 3.43. The summed E-state index contributed by atoms with van der Waals surface area (Å²) >= 11 is 0. The number of anilines is 1. The number of methoxy groups -OCH3 is 1. The molecule has 0 radical (unpaired) electrons. The van der Waals surface area contributed by atoms with E-state index in [0.717, 1.165) is 30.2 Å². The van der Waals surface area contributed by atoms with Crippen LogP contribution in [0, 0.1) is 0 Å². The van der Waals surface area contributed by atoms with Gasteiger partial charge in [0.15, 0.2) is 0 Å². The second-order valence-electron chi connectivity index (χ2n) is 4.56. The summed E-state index contributed by atoms with van der Waals surface area (Å²) in [4.78, 5) is 2.38. The van der Waals surface area contributed by atoms with E-state index in [4.69, 9.17) is 9.15 Å². The molecule has 1 fully saturated rings. The van der Waals surface area contributed by atoms with Crippen molar-refractivity contribution in [2.45, 2.75) is 12.8 Å². The number of furan rings is 1. The number of hydrogen-bond acceptors (Lipinski definition) is 3. The number of benzene rings is 1. The largest absolute Gasteiger partial charge is 0.495 e. The lowest BCUT2D eigenvalue weighted by Crippen LogP contribution is -2.18. The van der Waals surface area contributed by atoms with Gasteiger partial charge < -0.3 is 14.1 Å². The molecule has 3 heteroatoms. The fourth-order valence-corrected chi connectivity index (χ4v) is 2.49. The summed E-state index contributed by atoms with van der Waals surface area (Å²) in [5, 5.41) is 0. The molecule has 0 saturated carbocycles. The predicted molar refractivity (Wildman–Crippen MR) is 72.1 cm³/mol. The van der Waals surface area contributed by atoms with Gasteiger partial charge in [-0.05, 0) is 43.2 Å². The van der Waals surface area contributed by atoms with E-state index in [2.05, 4.69) is 17.0 Å². The van der Waals surface area contributed by atoms with E-state index in [1.54, 1.807) is 13.4 Å². The fourth-order valence-electron chi connectivity index (χ4n) is 2.49. The van der Waals surface area contributed by atoms with Crippen LogP contribution in [0.5, 0.6) is 5.75 Å². The second-order valence-corrected chi connectivity index (χ2v) is 4.56. The Morgan fingerprint density at radius 2 is 2.00 bits per heavy atom. The molecule has 0 amide bonds. The van der Waals surface area contributed by atoms with Gasteiger partial charge >= 0.3 is 0 Å². The Bertz CT molecular complexity index is 513. The lowest BCUT2D eigenvalue weighted by atomic mass is 10.1. The summed E-state index contributed by atoms with van der Waals surface area (Å²) in [5.74, 6) is 1.80. The van der Waals surface area contributed by atoms with Crippen molar-refractivity contribution < 1.29 is 9.15 Å². The maximum Gasteiger partial charge on any atom is 0.142 e. The standard InChI is InChI=1S/C15H17NO2/c1-17-15-11-12(14-5-4-10-18-14)6-7-13(15)16-8-2-3-9-16/h4-7,10-11H,2-3,8-9H2,1H3. The van der Waals surface area contributed by atoms with E-state index in [-0.39, 0.29) is 0 Å². The molecular formula is C15H17NO2. The zero-order chi connectivity index (χ0) is 12.4. The molecule has 1 aromatic carbocycles. The minimum absolute atomic E-state index is 0.876. The minimum Gasteiger partial charge on any atom is -0.495 e. The molecule has 1 saturated heterocycles. The van der Waals surface area contributed by atoms with Crippen molar-refractivity contribution in [3.05, 3.63) is 36.6 Å². The van der Waals surface area contributed by atoms with E-state index in [1.165, 1.54) is 18.5 Å². The maximum atomic E-state index is 5.51. The van der Waals surface area contributed by atoms with Crippen molar-refractivity contribution >= 4 is 5.69 Å². The van der Waals surface area contributed by atoms with Crippen molar-refractivity contribution in [3.8, 4) is 17.1 Å². The lowest BCUT2D eigenvalue weighted by Gasteiger charge is -2.20. The van der Waals surface area contributed by atoms with E-state index in [1.807, 2.05) is 18.2 Å². The number of rotatable bonds is 3. The van der Waals surface area contributed by atoms with E-state index < -0.39 is 0 Å². The molecule has 18 heavy (non-hydrogen) atoms. The number of nitrogens with zero attached hydrogens (tertiary/aromatic N) is 1. The molecule has 1 aliphatic heterocycles. The summed E-state index contributed by atoms with van der Waals surface area (Å²) in [6.45, 7) is 2.24. The van der Waals surface area contributed by atoms with Crippen LogP contribution in [0.15, 0.2) is 41.0 Å². The van der Waals surface area contributed by atoms with E-state index in [0.29, 0.717) is 0 Å². The van der Waals surface area contributed by atoms with Crippen LogP contribution in [0.2, 0.25) is 0 Å². The van der Waals surface area contributed by atoms with Crippen LogP contribution in [0.3, 0.4) is 0 Å². The molecule has 2 aromatic rings. The first-order valence-electron chi connectivity index (χ1n) is 6.35. The van der Waals surface area contributed by atoms with Crippen LogP contribution >= 0.6 is 0 Å². The SMILES string of the molecule is COc1cc(-c2ccco2)ccc1N1CCCC1. The predicted octanol–water partition coefficient (Wildman–Crippen LogP) is 3.56. The first-order chi connectivity index (χ1) is 8.88. The Labute approximate surface area is 107 Å². The third kappa shape index (κ3) is 1.96. The van der Waals surface area contributed by atoms with Gasteiger partial charge in [-0.15, -0.1) is 0 Å². The van der Waals surface area contributed by atoms with Gasteiger partial charge in [0.25, 0.3) is 0 Å². The van der Waals surface area contributed by atoms with Gasteiger partial charge in [0.1, 0.15) is 11.5 Å². The maximum absolute atomic E-state index is 5.51. The highest BCUT2D eigenvalue weighted by molar-refractivity contribution is 5.69. The topological polar surface area (TPSA) is 25.6 Å². The molecular weight excluding hydrogens is 226 g/mol. The second kappa shape index (κ2) is 4.77. The summed E-state index contributed by atoms with van der Waals surface area (Å²) in [6, 6.07) is 10.1. The van der Waals surface area contributed by atoms with Gasteiger partial charge in [-0.2, -0.15) is 0 Å². The third-order valence-electron chi connectivity index (χ3n) is 3.43. The van der Waals surface area contributed by atoms with Gasteiger partial charge in [-0.3, -0.25) is 0 Å². The normalized spacial score (nSPS) is 15.1. The highest BCUT2D eigenvalue weighted by Gasteiger charge is 2.17. The number of hydrogen-bond donors (Lipinski definition) is 0. The van der Waals surface area contributed by atoms with Gasteiger partial charge in [-0.25, -0.2) is 0 Å². The van der Waals surface area contributed by atoms with Gasteiger partial charge in [0.2, 0.25) is 0 Å². The highest BCUT2D eigenvalue weighted by Crippen LogP contribution is 2.34. The summed E-state index contributed by atoms with van der Waals surface area (Å²) in [6.07, 6.45) is 4.22. The Hall–Kier alpha value is -1.90. The lowest BCUT2D eigenvalue weighted by molar-refractivity contribution is 0.415. The van der Waals surface area contributed by atoms with Crippen LogP contribution in [0.4, 0.5) is 5.69 Å². The Morgan fingerprint density at radius 3 is 2.67 bits per heavy atom. The van der Waals surface area contributed by atoms with Gasteiger partial charge in [0.05, 0.1) is 19.1 Å². The Balaban J connectivity index is 1.97.